The van der Waals surface area contributed by atoms with Crippen LogP contribution in [0.1, 0.15) is 66.2 Å². The molecular weight excluding hydrogens is 262 g/mol. The summed E-state index contributed by atoms with van der Waals surface area (Å²) in [5.41, 5.74) is 0. The Morgan fingerprint density at radius 2 is 1.81 bits per heavy atom. The molecule has 0 aliphatic heterocycles. The number of rotatable bonds is 8. The minimum atomic E-state index is 0.270. The van der Waals surface area contributed by atoms with Crippen molar-refractivity contribution in [3.8, 4) is 0 Å². The molecule has 2 fully saturated rings. The van der Waals surface area contributed by atoms with Crippen molar-refractivity contribution in [3.63, 3.8) is 0 Å². The second-order valence-corrected chi connectivity index (χ2v) is 7.20. The third-order valence-electron chi connectivity index (χ3n) is 5.34. The van der Waals surface area contributed by atoms with Gasteiger partial charge in [-0.1, -0.05) is 27.7 Å². The van der Waals surface area contributed by atoms with Crippen LogP contribution in [0.15, 0.2) is 0 Å². The van der Waals surface area contributed by atoms with E-state index in [2.05, 4.69) is 33.0 Å². The fraction of sp³-hybridized carbons (Fsp3) is 1.00. The molecule has 6 unspecified atom stereocenters. The van der Waals surface area contributed by atoms with Gasteiger partial charge in [0.05, 0.1) is 18.3 Å². The van der Waals surface area contributed by atoms with Crippen LogP contribution in [0.5, 0.6) is 0 Å². The largest absolute Gasteiger partial charge is 0.374 e. The zero-order chi connectivity index (χ0) is 15.2. The van der Waals surface area contributed by atoms with E-state index in [1.165, 1.54) is 25.7 Å². The van der Waals surface area contributed by atoms with E-state index in [1.807, 2.05) is 0 Å². The quantitative estimate of drug-likeness (QED) is 0.740. The zero-order valence-corrected chi connectivity index (χ0v) is 14.4. The Hall–Kier alpha value is -0.120. The molecule has 2 aliphatic carbocycles. The molecular formula is C18H35NO2. The number of ether oxygens (including phenoxy) is 2. The van der Waals surface area contributed by atoms with Gasteiger partial charge < -0.3 is 14.8 Å². The normalized spacial score (nSPS) is 40.0. The number of nitrogens with one attached hydrogen (secondary N) is 1. The van der Waals surface area contributed by atoms with Crippen LogP contribution < -0.4 is 5.32 Å². The molecule has 1 N–H and O–H groups in total. The molecule has 2 rings (SSSR count). The highest BCUT2D eigenvalue weighted by Gasteiger charge is 2.44. The second-order valence-electron chi connectivity index (χ2n) is 7.20. The van der Waals surface area contributed by atoms with Crippen molar-refractivity contribution in [1.82, 2.24) is 5.32 Å². The molecule has 0 aromatic heterocycles. The van der Waals surface area contributed by atoms with E-state index < -0.39 is 0 Å². The van der Waals surface area contributed by atoms with Gasteiger partial charge in [-0.05, 0) is 56.9 Å². The first-order valence-electron chi connectivity index (χ1n) is 9.16. The molecule has 0 amide bonds. The first kappa shape index (κ1) is 17.2. The summed E-state index contributed by atoms with van der Waals surface area (Å²) in [6.45, 7) is 11.1. The summed E-state index contributed by atoms with van der Waals surface area (Å²) in [6.07, 6.45) is 8.21. The average Bonchev–Trinajstić information content (AvgIpc) is 2.46. The minimum absolute atomic E-state index is 0.270. The molecule has 2 aliphatic rings. The molecule has 0 heterocycles. The van der Waals surface area contributed by atoms with Gasteiger partial charge in [-0.3, -0.25) is 0 Å². The molecule has 21 heavy (non-hydrogen) atoms. The molecule has 124 valence electrons. The van der Waals surface area contributed by atoms with Gasteiger partial charge in [0, 0.05) is 12.6 Å². The maximum Gasteiger partial charge on any atom is 0.0990 e. The Morgan fingerprint density at radius 1 is 1.00 bits per heavy atom. The lowest BCUT2D eigenvalue weighted by atomic mass is 9.79. The number of hydrogen-bond donors (Lipinski definition) is 1. The summed E-state index contributed by atoms with van der Waals surface area (Å²) >= 11 is 0. The summed E-state index contributed by atoms with van der Waals surface area (Å²) in [7, 11) is 0. The van der Waals surface area contributed by atoms with Gasteiger partial charge in [-0.25, -0.2) is 0 Å². The summed E-state index contributed by atoms with van der Waals surface area (Å²) < 4.78 is 12.5. The second kappa shape index (κ2) is 8.50. The number of hydrogen-bond acceptors (Lipinski definition) is 3. The van der Waals surface area contributed by atoms with E-state index in [-0.39, 0.29) is 6.10 Å². The van der Waals surface area contributed by atoms with Gasteiger partial charge in [-0.15, -0.1) is 0 Å². The smallest absolute Gasteiger partial charge is 0.0990 e. The monoisotopic (exact) mass is 297 g/mol. The van der Waals surface area contributed by atoms with Gasteiger partial charge in [0.25, 0.3) is 0 Å². The van der Waals surface area contributed by atoms with E-state index in [1.54, 1.807) is 0 Å². The van der Waals surface area contributed by atoms with Crippen LogP contribution >= 0.6 is 0 Å². The summed E-state index contributed by atoms with van der Waals surface area (Å²) in [6, 6.07) is 0.501. The van der Waals surface area contributed by atoms with E-state index >= 15 is 0 Å². The van der Waals surface area contributed by atoms with Crippen molar-refractivity contribution in [2.75, 3.05) is 13.2 Å². The van der Waals surface area contributed by atoms with Crippen LogP contribution in [-0.4, -0.2) is 37.5 Å². The van der Waals surface area contributed by atoms with E-state index in [0.29, 0.717) is 18.2 Å². The molecule has 3 nitrogen and oxygen atoms in total. The highest BCUT2D eigenvalue weighted by Crippen LogP contribution is 2.35. The summed E-state index contributed by atoms with van der Waals surface area (Å²) in [5.74, 6) is 1.66. The Balaban J connectivity index is 1.78. The van der Waals surface area contributed by atoms with Crippen molar-refractivity contribution in [3.05, 3.63) is 0 Å². The maximum atomic E-state index is 6.40. The molecule has 0 aromatic rings. The molecule has 0 saturated heterocycles. The third kappa shape index (κ3) is 4.67. The predicted octanol–water partition coefficient (Wildman–Crippen LogP) is 3.76. The van der Waals surface area contributed by atoms with E-state index in [4.69, 9.17) is 9.47 Å². The fourth-order valence-corrected chi connectivity index (χ4v) is 3.59. The lowest BCUT2D eigenvalue weighted by molar-refractivity contribution is -0.176. The van der Waals surface area contributed by atoms with Crippen molar-refractivity contribution < 1.29 is 9.47 Å². The topological polar surface area (TPSA) is 30.5 Å². The van der Waals surface area contributed by atoms with Crippen LogP contribution in [0, 0.1) is 11.8 Å². The Bertz CT molecular complexity index is 297. The Labute approximate surface area is 131 Å². The molecule has 2 saturated carbocycles. The first-order chi connectivity index (χ1) is 10.2. The lowest BCUT2D eigenvalue weighted by Gasteiger charge is -2.47. The summed E-state index contributed by atoms with van der Waals surface area (Å²) in [4.78, 5) is 0. The molecule has 0 bridgehead atoms. The van der Waals surface area contributed by atoms with Gasteiger partial charge in [0.2, 0.25) is 0 Å². The first-order valence-corrected chi connectivity index (χ1v) is 9.16. The highest BCUT2D eigenvalue weighted by molar-refractivity contribution is 4.98. The van der Waals surface area contributed by atoms with Gasteiger partial charge >= 0.3 is 0 Å². The molecule has 0 radical (unpaired) electrons. The van der Waals surface area contributed by atoms with Crippen molar-refractivity contribution in [2.24, 2.45) is 11.8 Å². The standard InChI is InChI=1S/C18H35NO2/c1-5-9-19-16-12-17(18(16)20-10-6-2)21-15-8-7-13(3)14(4)11-15/h13-19H,5-12H2,1-4H3. The van der Waals surface area contributed by atoms with Gasteiger partial charge in [0.1, 0.15) is 0 Å². The minimum Gasteiger partial charge on any atom is -0.374 e. The average molecular weight is 297 g/mol. The highest BCUT2D eigenvalue weighted by atomic mass is 16.6. The van der Waals surface area contributed by atoms with Crippen LogP contribution in [0.25, 0.3) is 0 Å². The third-order valence-corrected chi connectivity index (χ3v) is 5.34. The SMILES string of the molecule is CCCNC1CC(OC2CCC(C)C(C)C2)C1OCCC. The van der Waals surface area contributed by atoms with Gasteiger partial charge in [-0.2, -0.15) is 0 Å². The zero-order valence-electron chi connectivity index (χ0n) is 14.4. The fourth-order valence-electron chi connectivity index (χ4n) is 3.59. The van der Waals surface area contributed by atoms with Crippen LogP contribution in [-0.2, 0) is 9.47 Å². The van der Waals surface area contributed by atoms with Crippen molar-refractivity contribution >= 4 is 0 Å². The summed E-state index contributed by atoms with van der Waals surface area (Å²) in [5, 5.41) is 3.61. The lowest BCUT2D eigenvalue weighted by Crippen LogP contribution is -2.61. The molecule has 6 atom stereocenters. The van der Waals surface area contributed by atoms with Crippen LogP contribution in [0.3, 0.4) is 0 Å². The molecule has 0 aromatic carbocycles. The predicted molar refractivity (Wildman–Crippen MR) is 87.6 cm³/mol. The molecule has 3 heteroatoms. The van der Waals surface area contributed by atoms with Crippen LogP contribution in [0.2, 0.25) is 0 Å². The van der Waals surface area contributed by atoms with Crippen LogP contribution in [0.4, 0.5) is 0 Å². The Kier molecular flexibility index (Phi) is 6.97. The van der Waals surface area contributed by atoms with Gasteiger partial charge in [0.15, 0.2) is 0 Å². The molecule has 0 spiro atoms. The van der Waals surface area contributed by atoms with E-state index in [9.17, 15) is 0 Å². The van der Waals surface area contributed by atoms with Crippen molar-refractivity contribution in [2.45, 2.75) is 90.6 Å². The van der Waals surface area contributed by atoms with E-state index in [0.717, 1.165) is 37.8 Å². The maximum absolute atomic E-state index is 6.40. The van der Waals surface area contributed by atoms with Crippen molar-refractivity contribution in [1.29, 1.82) is 0 Å². The Morgan fingerprint density at radius 3 is 2.48 bits per heavy atom.